The quantitative estimate of drug-likeness (QED) is 0.604. The van der Waals surface area contributed by atoms with E-state index in [2.05, 4.69) is 15.1 Å². The number of hydrogen-bond acceptors (Lipinski definition) is 5. The Hall–Kier alpha value is -2.26. The molecular formula is C19H20F3N5S. The van der Waals surface area contributed by atoms with Crippen LogP contribution in [0.25, 0.3) is 5.65 Å². The lowest BCUT2D eigenvalue weighted by molar-refractivity contribution is -0.137. The van der Waals surface area contributed by atoms with Crippen molar-refractivity contribution in [3.05, 3.63) is 54.2 Å². The molecule has 0 atom stereocenters. The average Bonchev–Trinajstić information content (AvgIpc) is 3.11. The number of nitrogens with zero attached hydrogens (tertiary/aromatic N) is 5. The van der Waals surface area contributed by atoms with Crippen LogP contribution >= 0.6 is 11.8 Å². The summed E-state index contributed by atoms with van der Waals surface area (Å²) in [5.74, 6) is 0.888. The van der Waals surface area contributed by atoms with E-state index in [1.54, 1.807) is 17.8 Å². The first-order valence-corrected chi connectivity index (χ1v) is 10.1. The van der Waals surface area contributed by atoms with Crippen molar-refractivity contribution in [2.75, 3.05) is 43.4 Å². The first-order chi connectivity index (χ1) is 13.5. The number of halogens is 3. The Morgan fingerprint density at radius 1 is 0.964 bits per heavy atom. The predicted molar refractivity (Wildman–Crippen MR) is 104 cm³/mol. The summed E-state index contributed by atoms with van der Waals surface area (Å²) in [5.41, 5.74) is 0.878. The highest BCUT2D eigenvalue weighted by atomic mass is 32.2. The number of anilines is 1. The highest BCUT2D eigenvalue weighted by Gasteiger charge is 2.31. The van der Waals surface area contributed by atoms with E-state index < -0.39 is 11.7 Å². The molecule has 5 nitrogen and oxygen atoms in total. The number of rotatable bonds is 5. The predicted octanol–water partition coefficient (Wildman–Crippen LogP) is 3.66. The summed E-state index contributed by atoms with van der Waals surface area (Å²) in [6.45, 7) is 4.01. The van der Waals surface area contributed by atoms with Gasteiger partial charge >= 0.3 is 6.18 Å². The number of hydrogen-bond donors (Lipinski definition) is 0. The van der Waals surface area contributed by atoms with Gasteiger partial charge in [-0.15, -0.1) is 10.2 Å². The summed E-state index contributed by atoms with van der Waals surface area (Å²) in [6.07, 6.45) is -2.35. The number of benzene rings is 1. The molecule has 3 aromatic rings. The molecule has 1 aromatic carbocycles. The monoisotopic (exact) mass is 407 g/mol. The molecule has 1 saturated heterocycles. The van der Waals surface area contributed by atoms with Gasteiger partial charge < -0.3 is 4.90 Å². The fourth-order valence-corrected chi connectivity index (χ4v) is 4.22. The van der Waals surface area contributed by atoms with Crippen LogP contribution in [0, 0.1) is 0 Å². The van der Waals surface area contributed by atoms with Crippen molar-refractivity contribution in [3.8, 4) is 0 Å². The highest BCUT2D eigenvalue weighted by molar-refractivity contribution is 7.99. The molecule has 0 N–H and O–H groups in total. The molecule has 4 rings (SSSR count). The van der Waals surface area contributed by atoms with Gasteiger partial charge in [-0.3, -0.25) is 9.30 Å². The van der Waals surface area contributed by atoms with Crippen molar-refractivity contribution >= 4 is 23.1 Å². The molecule has 0 unspecified atom stereocenters. The van der Waals surface area contributed by atoms with Gasteiger partial charge in [0.15, 0.2) is 10.8 Å². The van der Waals surface area contributed by atoms with E-state index in [0.29, 0.717) is 5.69 Å². The van der Waals surface area contributed by atoms with E-state index >= 15 is 0 Å². The number of fused-ring (bicyclic) bond motifs is 1. The molecule has 0 amide bonds. The Bertz CT molecular complexity index is 934. The maximum Gasteiger partial charge on any atom is 0.416 e. The fourth-order valence-electron chi connectivity index (χ4n) is 3.29. The summed E-state index contributed by atoms with van der Waals surface area (Å²) < 4.78 is 40.7. The van der Waals surface area contributed by atoms with Crippen LogP contribution < -0.4 is 4.90 Å². The average molecular weight is 407 g/mol. The molecule has 2 aromatic heterocycles. The topological polar surface area (TPSA) is 36.7 Å². The van der Waals surface area contributed by atoms with Gasteiger partial charge in [-0.05, 0) is 30.3 Å². The molecule has 3 heterocycles. The second-order valence-electron chi connectivity index (χ2n) is 6.64. The van der Waals surface area contributed by atoms with Crippen LogP contribution in [0.1, 0.15) is 5.56 Å². The zero-order valence-electron chi connectivity index (χ0n) is 15.1. The maximum atomic E-state index is 12.9. The minimum absolute atomic E-state index is 0.593. The van der Waals surface area contributed by atoms with Crippen LogP contribution in [-0.2, 0) is 6.18 Å². The van der Waals surface area contributed by atoms with Gasteiger partial charge in [0.2, 0.25) is 0 Å². The summed E-state index contributed by atoms with van der Waals surface area (Å²) >= 11 is 1.66. The lowest BCUT2D eigenvalue weighted by Crippen LogP contribution is -2.47. The van der Waals surface area contributed by atoms with Crippen molar-refractivity contribution in [1.29, 1.82) is 0 Å². The number of pyridine rings is 1. The first kappa shape index (κ1) is 19.1. The van der Waals surface area contributed by atoms with Crippen LogP contribution in [0.4, 0.5) is 18.9 Å². The Balaban J connectivity index is 1.28. The van der Waals surface area contributed by atoms with Gasteiger partial charge in [-0.25, -0.2) is 0 Å². The lowest BCUT2D eigenvalue weighted by atomic mass is 10.1. The molecule has 1 aliphatic heterocycles. The minimum Gasteiger partial charge on any atom is -0.369 e. The molecule has 0 radical (unpaired) electrons. The summed E-state index contributed by atoms with van der Waals surface area (Å²) in [4.78, 5) is 4.35. The number of thioether (sulfide) groups is 1. The zero-order valence-corrected chi connectivity index (χ0v) is 16.0. The summed E-state index contributed by atoms with van der Waals surface area (Å²) in [7, 11) is 0. The molecule has 28 heavy (non-hydrogen) atoms. The third-order valence-electron chi connectivity index (χ3n) is 4.83. The van der Waals surface area contributed by atoms with Crippen molar-refractivity contribution in [2.45, 2.75) is 11.3 Å². The van der Waals surface area contributed by atoms with E-state index in [9.17, 15) is 13.2 Å². The normalized spacial score (nSPS) is 16.0. The van der Waals surface area contributed by atoms with E-state index in [1.165, 1.54) is 12.1 Å². The fraction of sp³-hybridized carbons (Fsp3) is 0.368. The van der Waals surface area contributed by atoms with Crippen LogP contribution in [0.5, 0.6) is 0 Å². The van der Waals surface area contributed by atoms with E-state index in [-0.39, 0.29) is 0 Å². The molecule has 0 saturated carbocycles. The zero-order chi connectivity index (χ0) is 19.6. The SMILES string of the molecule is FC(F)(F)c1cccc(N2CCN(CCSc3nnc4ccccn34)CC2)c1. The Morgan fingerprint density at radius 2 is 1.79 bits per heavy atom. The molecule has 9 heteroatoms. The largest absolute Gasteiger partial charge is 0.416 e. The van der Waals surface area contributed by atoms with Crippen LogP contribution in [0.3, 0.4) is 0 Å². The first-order valence-electron chi connectivity index (χ1n) is 9.08. The number of aromatic nitrogens is 3. The Kier molecular flexibility index (Phi) is 5.45. The maximum absolute atomic E-state index is 12.9. The second kappa shape index (κ2) is 8.00. The van der Waals surface area contributed by atoms with Crippen LogP contribution in [0.2, 0.25) is 0 Å². The van der Waals surface area contributed by atoms with Crippen molar-refractivity contribution in [3.63, 3.8) is 0 Å². The van der Waals surface area contributed by atoms with Gasteiger partial charge in [0.05, 0.1) is 5.56 Å². The molecular weight excluding hydrogens is 387 g/mol. The van der Waals surface area contributed by atoms with Gasteiger partial charge in [0, 0.05) is 50.4 Å². The van der Waals surface area contributed by atoms with Crippen molar-refractivity contribution in [2.24, 2.45) is 0 Å². The third-order valence-corrected chi connectivity index (χ3v) is 5.76. The van der Waals surface area contributed by atoms with Crippen LogP contribution in [-0.4, -0.2) is 58.0 Å². The highest BCUT2D eigenvalue weighted by Crippen LogP contribution is 2.31. The van der Waals surface area contributed by atoms with Gasteiger partial charge in [-0.2, -0.15) is 13.2 Å². The van der Waals surface area contributed by atoms with Gasteiger partial charge in [-0.1, -0.05) is 23.9 Å². The van der Waals surface area contributed by atoms with E-state index in [1.807, 2.05) is 33.7 Å². The van der Waals surface area contributed by atoms with Crippen molar-refractivity contribution in [1.82, 2.24) is 19.5 Å². The Labute approximate surface area is 165 Å². The lowest BCUT2D eigenvalue weighted by Gasteiger charge is -2.36. The molecule has 1 aliphatic rings. The number of piperazine rings is 1. The molecule has 0 spiro atoms. The van der Waals surface area contributed by atoms with E-state index in [4.69, 9.17) is 0 Å². The van der Waals surface area contributed by atoms with Crippen LogP contribution in [0.15, 0.2) is 53.8 Å². The molecule has 0 aliphatic carbocycles. The van der Waals surface area contributed by atoms with E-state index in [0.717, 1.165) is 55.3 Å². The Morgan fingerprint density at radius 3 is 2.57 bits per heavy atom. The standard InChI is InChI=1S/C19H20F3N5S/c20-19(21,22)15-4-3-5-16(14-15)26-10-8-25(9-11-26)12-13-28-18-24-23-17-6-1-2-7-27(17)18/h1-7,14H,8-13H2. The third kappa shape index (κ3) is 4.25. The van der Waals surface area contributed by atoms with Crippen molar-refractivity contribution < 1.29 is 13.2 Å². The summed E-state index contributed by atoms with van der Waals surface area (Å²) in [6, 6.07) is 11.4. The minimum atomic E-state index is -4.30. The molecule has 148 valence electrons. The number of alkyl halides is 3. The van der Waals surface area contributed by atoms with Gasteiger partial charge in [0.25, 0.3) is 0 Å². The molecule has 1 fully saturated rings. The summed E-state index contributed by atoms with van der Waals surface area (Å²) in [5, 5.41) is 9.23. The second-order valence-corrected chi connectivity index (χ2v) is 7.70. The smallest absolute Gasteiger partial charge is 0.369 e. The molecule has 0 bridgehead atoms. The van der Waals surface area contributed by atoms with Gasteiger partial charge in [0.1, 0.15) is 0 Å².